The van der Waals surface area contributed by atoms with Crippen LogP contribution in [0.25, 0.3) is 0 Å². The van der Waals surface area contributed by atoms with Crippen LogP contribution in [0.5, 0.6) is 0 Å². The first-order valence-electron chi connectivity index (χ1n) is 13.7. The molecule has 0 amide bonds. The highest BCUT2D eigenvalue weighted by atomic mass is 16.1. The number of fused-ring (bicyclic) bond motifs is 5. The van der Waals surface area contributed by atoms with Crippen molar-refractivity contribution in [3.8, 4) is 0 Å². The second kappa shape index (κ2) is 8.64. The van der Waals surface area contributed by atoms with Gasteiger partial charge in [0.2, 0.25) is 0 Å². The number of rotatable bonds is 6. The first kappa shape index (κ1) is 23.6. The summed E-state index contributed by atoms with van der Waals surface area (Å²) < 4.78 is 0. The van der Waals surface area contributed by atoms with Crippen LogP contribution in [-0.2, 0) is 4.79 Å². The molecule has 1 heteroatoms. The summed E-state index contributed by atoms with van der Waals surface area (Å²) in [5.74, 6) is 7.15. The molecule has 176 valence electrons. The van der Waals surface area contributed by atoms with Gasteiger partial charge in [0, 0.05) is 12.8 Å². The average Bonchev–Trinajstić information content (AvgIpc) is 3.05. The van der Waals surface area contributed by atoms with Crippen LogP contribution < -0.4 is 0 Å². The van der Waals surface area contributed by atoms with E-state index in [-0.39, 0.29) is 0 Å². The SMILES string of the molecule is C=C(C)C(CC[C@@H](C)[C@H]1CC[C@H]2[C@@H]3CCC4CC(=O)CC[C@]4(C)[C@H]3CC[C@]12C)C(C)C. The van der Waals surface area contributed by atoms with Crippen molar-refractivity contribution in [1.82, 2.24) is 0 Å². The fourth-order valence-corrected chi connectivity index (χ4v) is 9.81. The first-order valence-corrected chi connectivity index (χ1v) is 13.7. The summed E-state index contributed by atoms with van der Waals surface area (Å²) in [6.45, 7) is 19.1. The van der Waals surface area contributed by atoms with E-state index >= 15 is 0 Å². The van der Waals surface area contributed by atoms with Gasteiger partial charge in [-0.15, -0.1) is 0 Å². The molecule has 4 saturated carbocycles. The molecule has 0 N–H and O–H groups in total. The van der Waals surface area contributed by atoms with Crippen LogP contribution in [0.4, 0.5) is 0 Å². The van der Waals surface area contributed by atoms with Gasteiger partial charge in [-0.1, -0.05) is 46.8 Å². The van der Waals surface area contributed by atoms with E-state index in [9.17, 15) is 4.79 Å². The maximum atomic E-state index is 12.2. The third kappa shape index (κ3) is 3.99. The molecule has 9 atom stereocenters. The molecule has 4 aliphatic rings. The molecule has 0 heterocycles. The summed E-state index contributed by atoms with van der Waals surface area (Å²) in [6, 6.07) is 0. The third-order valence-corrected chi connectivity index (χ3v) is 11.6. The van der Waals surface area contributed by atoms with Crippen LogP contribution in [0.1, 0.15) is 112 Å². The van der Waals surface area contributed by atoms with Crippen molar-refractivity contribution in [2.75, 3.05) is 0 Å². The van der Waals surface area contributed by atoms with Crippen molar-refractivity contribution >= 4 is 5.78 Å². The van der Waals surface area contributed by atoms with Gasteiger partial charge in [-0.25, -0.2) is 0 Å². The Labute approximate surface area is 193 Å². The lowest BCUT2D eigenvalue weighted by Crippen LogP contribution is -2.53. The Bertz CT molecular complexity index is 691. The lowest BCUT2D eigenvalue weighted by molar-refractivity contribution is -0.140. The second-order valence-corrected chi connectivity index (χ2v) is 13.4. The molecule has 4 aliphatic carbocycles. The largest absolute Gasteiger partial charge is 0.300 e. The molecule has 2 unspecified atom stereocenters. The van der Waals surface area contributed by atoms with Crippen LogP contribution in [0.15, 0.2) is 12.2 Å². The van der Waals surface area contributed by atoms with E-state index in [0.717, 1.165) is 42.4 Å². The smallest absolute Gasteiger partial charge is 0.133 e. The maximum Gasteiger partial charge on any atom is 0.133 e. The summed E-state index contributed by atoms with van der Waals surface area (Å²) >= 11 is 0. The minimum absolute atomic E-state index is 0.452. The lowest BCUT2D eigenvalue weighted by Gasteiger charge is -2.60. The van der Waals surface area contributed by atoms with Gasteiger partial charge in [0.05, 0.1) is 0 Å². The van der Waals surface area contributed by atoms with Crippen molar-refractivity contribution in [3.63, 3.8) is 0 Å². The molecule has 0 aromatic heterocycles. The lowest BCUT2D eigenvalue weighted by atomic mass is 9.44. The summed E-state index contributed by atoms with van der Waals surface area (Å²) in [6.07, 6.45) is 14.2. The number of allylic oxidation sites excluding steroid dienone is 1. The van der Waals surface area contributed by atoms with Crippen molar-refractivity contribution in [1.29, 1.82) is 0 Å². The number of carbonyl (C=O) groups is 1. The summed E-state index contributed by atoms with van der Waals surface area (Å²) in [4.78, 5) is 12.2. The fraction of sp³-hybridized carbons (Fsp3) is 0.900. The Morgan fingerprint density at radius 2 is 1.68 bits per heavy atom. The number of Topliss-reactive ketones (excluding diaryl/α,β-unsaturated/α-hetero) is 1. The van der Waals surface area contributed by atoms with Crippen LogP contribution >= 0.6 is 0 Å². The van der Waals surface area contributed by atoms with Crippen LogP contribution in [0, 0.1) is 58.2 Å². The van der Waals surface area contributed by atoms with E-state index < -0.39 is 0 Å². The minimum Gasteiger partial charge on any atom is -0.300 e. The van der Waals surface area contributed by atoms with Crippen LogP contribution in [0.2, 0.25) is 0 Å². The number of carbonyl (C=O) groups excluding carboxylic acids is 1. The zero-order valence-electron chi connectivity index (χ0n) is 21.5. The second-order valence-electron chi connectivity index (χ2n) is 13.4. The van der Waals surface area contributed by atoms with E-state index in [1.165, 1.54) is 63.4 Å². The molecule has 4 rings (SSSR count). The molecule has 0 spiro atoms. The number of hydrogen-bond acceptors (Lipinski definition) is 1. The molecule has 31 heavy (non-hydrogen) atoms. The Morgan fingerprint density at radius 3 is 2.35 bits per heavy atom. The van der Waals surface area contributed by atoms with Crippen molar-refractivity contribution in [3.05, 3.63) is 12.2 Å². The molecule has 1 nitrogen and oxygen atoms in total. The predicted molar refractivity (Wildman–Crippen MR) is 132 cm³/mol. The Morgan fingerprint density at radius 1 is 0.968 bits per heavy atom. The molecule has 0 saturated heterocycles. The maximum absolute atomic E-state index is 12.2. The van der Waals surface area contributed by atoms with E-state index in [1.54, 1.807) is 0 Å². The molecule has 4 fully saturated rings. The Balaban J connectivity index is 1.46. The molecule has 0 radical (unpaired) electrons. The molecule has 0 bridgehead atoms. The van der Waals surface area contributed by atoms with Crippen molar-refractivity contribution in [2.24, 2.45) is 58.2 Å². The van der Waals surface area contributed by atoms with Gasteiger partial charge in [-0.05, 0) is 123 Å². The quantitative estimate of drug-likeness (QED) is 0.389. The van der Waals surface area contributed by atoms with Crippen molar-refractivity contribution in [2.45, 2.75) is 112 Å². The van der Waals surface area contributed by atoms with Gasteiger partial charge < -0.3 is 0 Å². The monoisotopic (exact) mass is 426 g/mol. The van der Waals surface area contributed by atoms with Gasteiger partial charge in [-0.3, -0.25) is 4.79 Å². The topological polar surface area (TPSA) is 17.1 Å². The van der Waals surface area contributed by atoms with Gasteiger partial charge >= 0.3 is 0 Å². The molecule has 0 aliphatic heterocycles. The predicted octanol–water partition coefficient (Wildman–Crippen LogP) is 8.48. The van der Waals surface area contributed by atoms with Crippen LogP contribution in [-0.4, -0.2) is 5.78 Å². The summed E-state index contributed by atoms with van der Waals surface area (Å²) in [5.41, 5.74) is 2.40. The zero-order chi connectivity index (χ0) is 22.6. The summed E-state index contributed by atoms with van der Waals surface area (Å²) in [5, 5.41) is 0. The minimum atomic E-state index is 0.452. The number of hydrogen-bond donors (Lipinski definition) is 0. The van der Waals surface area contributed by atoms with E-state index in [1.807, 2.05) is 0 Å². The normalized spacial score (nSPS) is 44.4. The van der Waals surface area contributed by atoms with Gasteiger partial charge in [0.1, 0.15) is 5.78 Å². The van der Waals surface area contributed by atoms with Gasteiger partial charge in [-0.2, -0.15) is 0 Å². The molecule has 0 aromatic rings. The average molecular weight is 427 g/mol. The highest BCUT2D eigenvalue weighted by Crippen LogP contribution is 2.68. The Kier molecular flexibility index (Phi) is 6.57. The molecular weight excluding hydrogens is 376 g/mol. The van der Waals surface area contributed by atoms with Crippen LogP contribution in [0.3, 0.4) is 0 Å². The fourth-order valence-electron chi connectivity index (χ4n) is 9.81. The van der Waals surface area contributed by atoms with Crippen molar-refractivity contribution < 1.29 is 4.79 Å². The first-order chi connectivity index (χ1) is 14.6. The van der Waals surface area contributed by atoms with Gasteiger partial charge in [0.25, 0.3) is 0 Å². The standard InChI is InChI=1S/C30H50O/c1-19(2)24(20(3)4)10-8-21(5)26-12-13-27-25-11-9-22-18-23(31)14-16-29(22,6)28(25)15-17-30(26,27)7/h20-22,24-28H,1,8-18H2,2-7H3/t21-,22?,24?,25+,26-,27+,28+,29+,30-/m1/s1. The summed E-state index contributed by atoms with van der Waals surface area (Å²) in [7, 11) is 0. The van der Waals surface area contributed by atoms with E-state index in [0.29, 0.717) is 34.4 Å². The molecular formula is C30H50O. The van der Waals surface area contributed by atoms with E-state index in [4.69, 9.17) is 0 Å². The zero-order valence-corrected chi connectivity index (χ0v) is 21.5. The third-order valence-electron chi connectivity index (χ3n) is 11.6. The van der Waals surface area contributed by atoms with E-state index in [2.05, 4.69) is 48.1 Å². The highest BCUT2D eigenvalue weighted by molar-refractivity contribution is 5.79. The molecule has 0 aromatic carbocycles. The number of ketones is 1. The Hall–Kier alpha value is -0.590. The highest BCUT2D eigenvalue weighted by Gasteiger charge is 2.60. The van der Waals surface area contributed by atoms with Gasteiger partial charge in [0.15, 0.2) is 0 Å².